The summed E-state index contributed by atoms with van der Waals surface area (Å²) >= 11 is 0. The fourth-order valence-electron chi connectivity index (χ4n) is 4.89. The molecule has 4 nitrogen and oxygen atoms in total. The molecule has 0 bridgehead atoms. The van der Waals surface area contributed by atoms with Crippen LogP contribution in [0.25, 0.3) is 0 Å². The van der Waals surface area contributed by atoms with Crippen LogP contribution in [0.5, 0.6) is 0 Å². The van der Waals surface area contributed by atoms with E-state index in [1.807, 2.05) is 6.07 Å². The Kier molecular flexibility index (Phi) is 7.09. The summed E-state index contributed by atoms with van der Waals surface area (Å²) in [4.78, 5) is 11.1. The van der Waals surface area contributed by atoms with Gasteiger partial charge in [-0.15, -0.1) is 0 Å². The van der Waals surface area contributed by atoms with Gasteiger partial charge in [-0.3, -0.25) is 4.79 Å². The highest BCUT2D eigenvalue weighted by Gasteiger charge is 2.37. The predicted molar refractivity (Wildman–Crippen MR) is 101 cm³/mol. The van der Waals surface area contributed by atoms with Gasteiger partial charge in [0.15, 0.2) is 0 Å². The van der Waals surface area contributed by atoms with E-state index in [4.69, 9.17) is 9.84 Å². The molecule has 26 heavy (non-hydrogen) atoms. The average Bonchev–Trinajstić information content (AvgIpc) is 2.99. The highest BCUT2D eigenvalue weighted by molar-refractivity contribution is 5.67. The van der Waals surface area contributed by atoms with Crippen LogP contribution < -0.4 is 0 Å². The van der Waals surface area contributed by atoms with Crippen LogP contribution in [0.4, 0.5) is 0 Å². The summed E-state index contributed by atoms with van der Waals surface area (Å²) in [5.41, 5.74) is 1.35. The third-order valence-corrected chi connectivity index (χ3v) is 6.33. The van der Waals surface area contributed by atoms with Gasteiger partial charge in [0.2, 0.25) is 0 Å². The molecular formula is C22H32O4. The van der Waals surface area contributed by atoms with E-state index in [9.17, 15) is 9.90 Å². The highest BCUT2D eigenvalue weighted by Crippen LogP contribution is 2.39. The van der Waals surface area contributed by atoms with Crippen LogP contribution >= 0.6 is 0 Å². The van der Waals surface area contributed by atoms with Gasteiger partial charge in [-0.1, -0.05) is 30.3 Å². The first-order valence-electron chi connectivity index (χ1n) is 10.2. The van der Waals surface area contributed by atoms with Crippen LogP contribution in [0.15, 0.2) is 30.3 Å². The van der Waals surface area contributed by atoms with Crippen molar-refractivity contribution in [3.05, 3.63) is 35.9 Å². The van der Waals surface area contributed by atoms with E-state index >= 15 is 0 Å². The molecule has 5 atom stereocenters. The summed E-state index contributed by atoms with van der Waals surface area (Å²) in [6, 6.07) is 10.6. The monoisotopic (exact) mass is 360 g/mol. The molecule has 1 heterocycles. The Labute approximate surface area is 156 Å². The van der Waals surface area contributed by atoms with Crippen LogP contribution in [0.3, 0.4) is 0 Å². The number of benzene rings is 1. The number of hydrogen-bond acceptors (Lipinski definition) is 3. The zero-order valence-corrected chi connectivity index (χ0v) is 15.6. The van der Waals surface area contributed by atoms with Crippen molar-refractivity contribution in [1.82, 2.24) is 0 Å². The van der Waals surface area contributed by atoms with E-state index in [0.29, 0.717) is 17.9 Å². The number of hydrogen-bond donors (Lipinski definition) is 2. The molecule has 3 rings (SSSR count). The Morgan fingerprint density at radius 3 is 2.65 bits per heavy atom. The minimum absolute atomic E-state index is 0.0860. The fraction of sp³-hybridized carbons (Fsp3) is 0.682. The van der Waals surface area contributed by atoms with Crippen molar-refractivity contribution in [1.29, 1.82) is 0 Å². The van der Waals surface area contributed by atoms with E-state index in [2.05, 4.69) is 24.3 Å². The molecule has 2 aliphatic rings. The van der Waals surface area contributed by atoms with E-state index < -0.39 is 12.1 Å². The van der Waals surface area contributed by atoms with Crippen molar-refractivity contribution in [2.45, 2.75) is 70.0 Å². The average molecular weight is 360 g/mol. The molecule has 0 amide bonds. The summed E-state index contributed by atoms with van der Waals surface area (Å²) in [5, 5.41) is 19.3. The van der Waals surface area contributed by atoms with E-state index in [0.717, 1.165) is 51.6 Å². The van der Waals surface area contributed by atoms with Crippen molar-refractivity contribution in [3.63, 3.8) is 0 Å². The van der Waals surface area contributed by atoms with Gasteiger partial charge < -0.3 is 14.9 Å². The first-order valence-corrected chi connectivity index (χ1v) is 10.2. The number of aliphatic hydroxyl groups excluding tert-OH is 1. The van der Waals surface area contributed by atoms with Gasteiger partial charge in [-0.05, 0) is 74.7 Å². The van der Waals surface area contributed by atoms with Crippen LogP contribution in [-0.4, -0.2) is 35.0 Å². The summed E-state index contributed by atoms with van der Waals surface area (Å²) in [6.45, 7) is 0.861. The van der Waals surface area contributed by atoms with Gasteiger partial charge in [-0.25, -0.2) is 0 Å². The summed E-state index contributed by atoms with van der Waals surface area (Å²) < 4.78 is 6.10. The van der Waals surface area contributed by atoms with Crippen LogP contribution in [0, 0.1) is 17.8 Å². The second-order valence-electron chi connectivity index (χ2n) is 8.10. The zero-order chi connectivity index (χ0) is 18.4. The van der Waals surface area contributed by atoms with Gasteiger partial charge in [0, 0.05) is 6.61 Å². The Morgan fingerprint density at radius 1 is 1.15 bits per heavy atom. The molecule has 1 aliphatic carbocycles. The Morgan fingerprint density at radius 2 is 1.96 bits per heavy atom. The predicted octanol–water partition coefficient (Wildman–Crippen LogP) is 4.06. The van der Waals surface area contributed by atoms with Gasteiger partial charge in [0.05, 0.1) is 18.6 Å². The molecule has 0 radical (unpaired) electrons. The van der Waals surface area contributed by atoms with Gasteiger partial charge in [0.1, 0.15) is 0 Å². The molecule has 1 saturated heterocycles. The van der Waals surface area contributed by atoms with Crippen LogP contribution in [0.1, 0.15) is 56.9 Å². The molecule has 4 heteroatoms. The standard InChI is InChI=1S/C22H32O4/c23-20-12-11-17(19(20)15-22(24)25)9-10-18(21-8-4-5-13-26-21)14-16-6-2-1-3-7-16/h1-3,6-7,17-21,23H,4-5,8-15H2,(H,24,25). The molecule has 1 aromatic carbocycles. The maximum absolute atomic E-state index is 11.1. The molecule has 1 aliphatic heterocycles. The SMILES string of the molecule is O=C(O)CC1C(O)CCC1CCC(Cc1ccccc1)C1CCCCO1. The number of aliphatic carboxylic acids is 1. The Bertz CT molecular complexity index is 553. The van der Waals surface area contributed by atoms with Crippen LogP contribution in [-0.2, 0) is 16.0 Å². The summed E-state index contributed by atoms with van der Waals surface area (Å²) in [7, 11) is 0. The maximum Gasteiger partial charge on any atom is 0.303 e. The quantitative estimate of drug-likeness (QED) is 0.734. The van der Waals surface area contributed by atoms with E-state index in [1.165, 1.54) is 12.0 Å². The van der Waals surface area contributed by atoms with Crippen molar-refractivity contribution in [3.8, 4) is 0 Å². The number of carbonyl (C=O) groups is 1. The summed E-state index contributed by atoms with van der Waals surface area (Å²) in [6.07, 6.45) is 8.23. The highest BCUT2D eigenvalue weighted by atomic mass is 16.5. The lowest BCUT2D eigenvalue weighted by atomic mass is 9.81. The molecule has 5 unspecified atom stereocenters. The minimum atomic E-state index is -0.794. The zero-order valence-electron chi connectivity index (χ0n) is 15.6. The topological polar surface area (TPSA) is 66.8 Å². The smallest absolute Gasteiger partial charge is 0.303 e. The van der Waals surface area contributed by atoms with Crippen molar-refractivity contribution in [2.75, 3.05) is 6.61 Å². The normalized spacial score (nSPS) is 30.2. The first-order chi connectivity index (χ1) is 12.6. The number of rotatable bonds is 8. The van der Waals surface area contributed by atoms with Crippen molar-refractivity contribution < 1.29 is 19.7 Å². The molecule has 0 spiro atoms. The lowest BCUT2D eigenvalue weighted by Crippen LogP contribution is -2.30. The van der Waals surface area contributed by atoms with Gasteiger partial charge in [0.25, 0.3) is 0 Å². The summed E-state index contributed by atoms with van der Waals surface area (Å²) in [5.74, 6) is -0.0848. The fourth-order valence-corrected chi connectivity index (χ4v) is 4.89. The lowest BCUT2D eigenvalue weighted by molar-refractivity contribution is -0.139. The molecule has 2 fully saturated rings. The van der Waals surface area contributed by atoms with E-state index in [-0.39, 0.29) is 12.3 Å². The Balaban J connectivity index is 1.62. The molecule has 0 aromatic heterocycles. The largest absolute Gasteiger partial charge is 0.481 e. The van der Waals surface area contributed by atoms with Crippen molar-refractivity contribution >= 4 is 5.97 Å². The number of ether oxygens (including phenoxy) is 1. The number of aliphatic hydroxyl groups is 1. The maximum atomic E-state index is 11.1. The second-order valence-corrected chi connectivity index (χ2v) is 8.10. The third kappa shape index (κ3) is 5.31. The molecule has 2 N–H and O–H groups in total. The van der Waals surface area contributed by atoms with E-state index in [1.54, 1.807) is 0 Å². The molecular weight excluding hydrogens is 328 g/mol. The molecule has 1 saturated carbocycles. The van der Waals surface area contributed by atoms with Crippen molar-refractivity contribution in [2.24, 2.45) is 17.8 Å². The number of carboxylic acid groups (broad SMARTS) is 1. The Hall–Kier alpha value is -1.39. The third-order valence-electron chi connectivity index (χ3n) is 6.33. The number of carboxylic acids is 1. The molecule has 1 aromatic rings. The second kappa shape index (κ2) is 9.52. The van der Waals surface area contributed by atoms with Gasteiger partial charge in [-0.2, -0.15) is 0 Å². The first kappa shape index (κ1) is 19.4. The minimum Gasteiger partial charge on any atom is -0.481 e. The lowest BCUT2D eigenvalue weighted by Gasteiger charge is -2.32. The van der Waals surface area contributed by atoms with Gasteiger partial charge >= 0.3 is 5.97 Å². The van der Waals surface area contributed by atoms with Crippen LogP contribution in [0.2, 0.25) is 0 Å². The molecule has 144 valence electrons.